The number of carboxylic acid groups (broad SMARTS) is 3. The molecule has 6 nitrogen and oxygen atoms in total. The molecule has 1 atom stereocenters. The van der Waals surface area contributed by atoms with E-state index >= 15 is 0 Å². The van der Waals surface area contributed by atoms with Gasteiger partial charge in [0.05, 0.1) is 0 Å². The monoisotopic (exact) mass is 227 g/mol. The van der Waals surface area contributed by atoms with E-state index in [1.165, 1.54) is 0 Å². The van der Waals surface area contributed by atoms with Crippen LogP contribution in [-0.2, 0) is 11.2 Å². The summed E-state index contributed by atoms with van der Waals surface area (Å²) in [6.45, 7) is 0. The first-order valence-electron chi connectivity index (χ1n) is 4.37. The minimum Gasteiger partial charge on any atom is -0.480 e. The van der Waals surface area contributed by atoms with E-state index in [0.717, 1.165) is 5.56 Å². The molecule has 16 heavy (non-hydrogen) atoms. The minimum atomic E-state index is -1.83. The highest BCUT2D eigenvalue weighted by Gasteiger charge is 2.10. The van der Waals surface area contributed by atoms with Crippen LogP contribution in [0.2, 0.25) is 0 Å². The number of hydrogen-bond acceptors (Lipinski definition) is 3. The summed E-state index contributed by atoms with van der Waals surface area (Å²) in [5.41, 5.74) is 6.30. The third-order valence-corrected chi connectivity index (χ3v) is 1.62. The third-order valence-electron chi connectivity index (χ3n) is 1.62. The molecule has 6 heteroatoms. The molecular formula is C10H13NO5. The summed E-state index contributed by atoms with van der Waals surface area (Å²) in [6, 6.07) is 8.54. The Morgan fingerprint density at radius 3 is 1.94 bits per heavy atom. The maximum Gasteiger partial charge on any atom is 0.503 e. The van der Waals surface area contributed by atoms with Gasteiger partial charge in [-0.05, 0) is 12.0 Å². The van der Waals surface area contributed by atoms with Crippen LogP contribution in [0.3, 0.4) is 0 Å². The largest absolute Gasteiger partial charge is 0.503 e. The smallest absolute Gasteiger partial charge is 0.480 e. The summed E-state index contributed by atoms with van der Waals surface area (Å²) in [6.07, 6.45) is -1.45. The number of nitrogens with two attached hydrogens (primary N) is 1. The predicted molar refractivity (Wildman–Crippen MR) is 56.4 cm³/mol. The number of carboxylic acids is 1. The molecule has 0 radical (unpaired) electrons. The van der Waals surface area contributed by atoms with Gasteiger partial charge in [-0.25, -0.2) is 4.79 Å². The summed E-state index contributed by atoms with van der Waals surface area (Å²) in [7, 11) is 0. The maximum absolute atomic E-state index is 10.4. The van der Waals surface area contributed by atoms with Crippen molar-refractivity contribution in [2.45, 2.75) is 12.5 Å². The van der Waals surface area contributed by atoms with E-state index in [4.69, 9.17) is 25.8 Å². The molecule has 0 saturated heterocycles. The fourth-order valence-electron chi connectivity index (χ4n) is 0.955. The number of rotatable bonds is 3. The van der Waals surface area contributed by atoms with Crippen molar-refractivity contribution in [3.63, 3.8) is 0 Å². The van der Waals surface area contributed by atoms with Crippen molar-refractivity contribution in [3.05, 3.63) is 35.9 Å². The van der Waals surface area contributed by atoms with Crippen LogP contribution in [0.4, 0.5) is 4.79 Å². The van der Waals surface area contributed by atoms with E-state index in [2.05, 4.69) is 0 Å². The normalized spacial score (nSPS) is 10.8. The van der Waals surface area contributed by atoms with Crippen LogP contribution in [0.25, 0.3) is 0 Å². The van der Waals surface area contributed by atoms with Crippen LogP contribution >= 0.6 is 0 Å². The van der Waals surface area contributed by atoms with Crippen molar-refractivity contribution >= 4 is 12.1 Å². The SMILES string of the molecule is NC(Cc1ccccc1)C(=O)O.O=C(O)O. The Kier molecular flexibility index (Phi) is 6.30. The Bertz CT molecular complexity index is 334. The van der Waals surface area contributed by atoms with E-state index < -0.39 is 18.2 Å². The molecule has 1 aromatic rings. The van der Waals surface area contributed by atoms with E-state index in [-0.39, 0.29) is 0 Å². The van der Waals surface area contributed by atoms with Crippen LogP contribution in [-0.4, -0.2) is 33.5 Å². The fraction of sp³-hybridized carbons (Fsp3) is 0.200. The molecule has 0 spiro atoms. The molecule has 5 N–H and O–H groups in total. The first-order valence-corrected chi connectivity index (χ1v) is 4.37. The molecule has 0 aliphatic heterocycles. The molecule has 0 aromatic heterocycles. The van der Waals surface area contributed by atoms with Gasteiger partial charge in [-0.2, -0.15) is 0 Å². The molecule has 0 heterocycles. The van der Waals surface area contributed by atoms with Gasteiger partial charge in [0.25, 0.3) is 0 Å². The van der Waals surface area contributed by atoms with Crippen molar-refractivity contribution in [1.29, 1.82) is 0 Å². The maximum atomic E-state index is 10.4. The Balaban J connectivity index is 0.000000487. The summed E-state index contributed by atoms with van der Waals surface area (Å²) < 4.78 is 0. The molecule has 88 valence electrons. The molecular weight excluding hydrogens is 214 g/mol. The van der Waals surface area contributed by atoms with E-state index in [9.17, 15) is 4.79 Å². The number of carbonyl (C=O) groups is 2. The molecule has 0 amide bonds. The number of aliphatic carboxylic acids is 1. The van der Waals surface area contributed by atoms with E-state index in [1.807, 2.05) is 30.3 Å². The lowest BCUT2D eigenvalue weighted by molar-refractivity contribution is -0.138. The standard InChI is InChI=1S/C9H11NO2.CH2O3/c10-8(9(11)12)6-7-4-2-1-3-5-7;2-1(3)4/h1-5,8H,6,10H2,(H,11,12);(H2,2,3,4). The molecule has 0 saturated carbocycles. The summed E-state index contributed by atoms with van der Waals surface area (Å²) >= 11 is 0. The second-order valence-electron chi connectivity index (χ2n) is 2.92. The van der Waals surface area contributed by atoms with Crippen LogP contribution < -0.4 is 5.73 Å². The average molecular weight is 227 g/mol. The van der Waals surface area contributed by atoms with Gasteiger partial charge < -0.3 is 21.1 Å². The second-order valence-corrected chi connectivity index (χ2v) is 2.92. The second kappa shape index (κ2) is 7.24. The van der Waals surface area contributed by atoms with Gasteiger partial charge in [0.15, 0.2) is 0 Å². The minimum absolute atomic E-state index is 0.385. The fourth-order valence-corrected chi connectivity index (χ4v) is 0.955. The lowest BCUT2D eigenvalue weighted by atomic mass is 10.1. The summed E-state index contributed by atoms with van der Waals surface area (Å²) in [5, 5.41) is 22.5. The summed E-state index contributed by atoms with van der Waals surface area (Å²) in [4.78, 5) is 18.9. The number of hydrogen-bond donors (Lipinski definition) is 4. The Hall–Kier alpha value is -2.08. The first-order chi connectivity index (χ1) is 7.43. The van der Waals surface area contributed by atoms with Crippen LogP contribution in [0.15, 0.2) is 30.3 Å². The quantitative estimate of drug-likeness (QED) is 0.607. The topological polar surface area (TPSA) is 121 Å². The average Bonchev–Trinajstić information content (AvgIpc) is 2.18. The highest BCUT2D eigenvalue weighted by atomic mass is 16.6. The molecule has 1 aromatic carbocycles. The predicted octanol–water partition coefficient (Wildman–Crippen LogP) is 0.863. The van der Waals surface area contributed by atoms with Crippen LogP contribution in [0, 0.1) is 0 Å². The van der Waals surface area contributed by atoms with E-state index in [0.29, 0.717) is 6.42 Å². The van der Waals surface area contributed by atoms with Crippen LogP contribution in [0.5, 0.6) is 0 Å². The Morgan fingerprint density at radius 1 is 1.12 bits per heavy atom. The lowest BCUT2D eigenvalue weighted by Gasteiger charge is -2.04. The van der Waals surface area contributed by atoms with Gasteiger partial charge in [0, 0.05) is 0 Å². The van der Waals surface area contributed by atoms with Gasteiger partial charge in [-0.1, -0.05) is 30.3 Å². The molecule has 0 bridgehead atoms. The lowest BCUT2D eigenvalue weighted by Crippen LogP contribution is -2.32. The van der Waals surface area contributed by atoms with Gasteiger partial charge in [-0.15, -0.1) is 0 Å². The Morgan fingerprint density at radius 2 is 1.56 bits per heavy atom. The van der Waals surface area contributed by atoms with Crippen molar-refractivity contribution in [2.75, 3.05) is 0 Å². The third kappa shape index (κ3) is 7.34. The van der Waals surface area contributed by atoms with Crippen molar-refractivity contribution in [2.24, 2.45) is 5.73 Å². The Labute approximate surface area is 91.9 Å². The number of benzene rings is 1. The highest BCUT2D eigenvalue weighted by molar-refractivity contribution is 5.73. The molecule has 0 fully saturated rings. The van der Waals surface area contributed by atoms with Crippen molar-refractivity contribution < 1.29 is 24.9 Å². The van der Waals surface area contributed by atoms with Gasteiger partial charge in [0.1, 0.15) is 6.04 Å². The zero-order chi connectivity index (χ0) is 12.6. The molecule has 0 aliphatic rings. The van der Waals surface area contributed by atoms with Crippen molar-refractivity contribution in [3.8, 4) is 0 Å². The molecule has 1 rings (SSSR count). The first kappa shape index (κ1) is 13.9. The molecule has 0 aliphatic carbocycles. The summed E-state index contributed by atoms with van der Waals surface area (Å²) in [5.74, 6) is -0.959. The molecule has 1 unspecified atom stereocenters. The van der Waals surface area contributed by atoms with Crippen LogP contribution in [0.1, 0.15) is 5.56 Å². The van der Waals surface area contributed by atoms with Gasteiger partial charge in [-0.3, -0.25) is 4.79 Å². The van der Waals surface area contributed by atoms with E-state index in [1.54, 1.807) is 0 Å². The zero-order valence-electron chi connectivity index (χ0n) is 8.41. The van der Waals surface area contributed by atoms with Crippen molar-refractivity contribution in [1.82, 2.24) is 0 Å². The highest BCUT2D eigenvalue weighted by Crippen LogP contribution is 2.01. The van der Waals surface area contributed by atoms with Gasteiger partial charge >= 0.3 is 12.1 Å². The zero-order valence-corrected chi connectivity index (χ0v) is 8.41. The van der Waals surface area contributed by atoms with Gasteiger partial charge in [0.2, 0.25) is 0 Å².